The van der Waals surface area contributed by atoms with Crippen molar-refractivity contribution in [3.05, 3.63) is 25.3 Å². The minimum absolute atomic E-state index is 0.0659. The van der Waals surface area contributed by atoms with Crippen LogP contribution in [0.2, 0.25) is 0 Å². The average molecular weight is 194 g/mol. The van der Waals surface area contributed by atoms with E-state index >= 15 is 0 Å². The lowest BCUT2D eigenvalue weighted by molar-refractivity contribution is -0.129. The van der Waals surface area contributed by atoms with Crippen LogP contribution in [0.5, 0.6) is 0 Å². The molecular weight excluding hydrogens is 180 g/mol. The lowest BCUT2D eigenvalue weighted by atomic mass is 10.3. The lowest BCUT2D eigenvalue weighted by Gasteiger charge is -2.18. The Bertz CT molecular complexity index is 245. The Morgan fingerprint density at radius 1 is 1.36 bits per heavy atom. The normalized spacial score (nSPS) is 8.57. The zero-order valence-corrected chi connectivity index (χ0v) is 8.11. The second kappa shape index (κ2) is 7.95. The number of carbonyl (C=O) groups is 1. The van der Waals surface area contributed by atoms with Gasteiger partial charge >= 0.3 is 0 Å². The van der Waals surface area contributed by atoms with Gasteiger partial charge in [-0.15, -0.1) is 13.2 Å². The topological polar surface area (TPSA) is 49.7 Å². The Morgan fingerprint density at radius 2 is 1.93 bits per heavy atom. The molecule has 0 aliphatic heterocycles. The summed E-state index contributed by atoms with van der Waals surface area (Å²) in [5, 5.41) is 0. The lowest BCUT2D eigenvalue weighted by Crippen LogP contribution is -2.31. The van der Waals surface area contributed by atoms with E-state index in [9.17, 15) is 9.59 Å². The van der Waals surface area contributed by atoms with E-state index < -0.39 is 0 Å². The van der Waals surface area contributed by atoms with Crippen molar-refractivity contribution in [2.24, 2.45) is 4.99 Å². The highest BCUT2D eigenvalue weighted by atomic mass is 16.2. The van der Waals surface area contributed by atoms with Crippen molar-refractivity contribution in [3.8, 4) is 0 Å². The highest BCUT2D eigenvalue weighted by Gasteiger charge is 2.08. The molecule has 1 amide bonds. The van der Waals surface area contributed by atoms with Gasteiger partial charge in [-0.2, -0.15) is 0 Å². The van der Waals surface area contributed by atoms with Crippen LogP contribution in [0.4, 0.5) is 0 Å². The van der Waals surface area contributed by atoms with Crippen LogP contribution < -0.4 is 0 Å². The molecule has 0 heterocycles. The number of hydrogen-bond donors (Lipinski definition) is 0. The van der Waals surface area contributed by atoms with Crippen LogP contribution in [0.1, 0.15) is 6.42 Å². The fourth-order valence-corrected chi connectivity index (χ4v) is 0.945. The molecule has 76 valence electrons. The Labute approximate surface area is 83.6 Å². The van der Waals surface area contributed by atoms with Crippen LogP contribution in [0, 0.1) is 0 Å². The second-order valence-corrected chi connectivity index (χ2v) is 2.60. The van der Waals surface area contributed by atoms with E-state index in [1.54, 1.807) is 17.1 Å². The number of carbonyl (C=O) groups excluding carboxylic acids is 2. The molecule has 0 N–H and O–H groups in total. The first-order valence-corrected chi connectivity index (χ1v) is 4.29. The van der Waals surface area contributed by atoms with Gasteiger partial charge in [-0.1, -0.05) is 12.2 Å². The maximum Gasteiger partial charge on any atom is 0.234 e. The zero-order valence-electron chi connectivity index (χ0n) is 8.11. The first-order valence-electron chi connectivity index (χ1n) is 4.29. The fourth-order valence-electron chi connectivity index (χ4n) is 0.945. The van der Waals surface area contributed by atoms with Crippen molar-refractivity contribution in [2.45, 2.75) is 6.42 Å². The quantitative estimate of drug-likeness (QED) is 0.343. The standard InChI is InChI=1S/C10H14N2O2/c1-3-7-12(8-4-2)10(14)5-6-11-9-13/h3-4H,1-2,5-8H2. The number of rotatable bonds is 7. The van der Waals surface area contributed by atoms with Crippen LogP contribution in [0.3, 0.4) is 0 Å². The maximum atomic E-state index is 11.4. The molecule has 4 heteroatoms. The molecule has 0 rings (SSSR count). The third-order valence-corrected chi connectivity index (χ3v) is 1.55. The molecule has 14 heavy (non-hydrogen) atoms. The smallest absolute Gasteiger partial charge is 0.234 e. The van der Waals surface area contributed by atoms with E-state index in [2.05, 4.69) is 18.2 Å². The second-order valence-electron chi connectivity index (χ2n) is 2.60. The number of nitrogens with zero attached hydrogens (tertiary/aromatic N) is 2. The van der Waals surface area contributed by atoms with Gasteiger partial charge in [-0.05, 0) is 0 Å². The highest BCUT2D eigenvalue weighted by Crippen LogP contribution is 1.95. The molecule has 0 aromatic rings. The van der Waals surface area contributed by atoms with E-state index in [-0.39, 0.29) is 18.9 Å². The van der Waals surface area contributed by atoms with Crippen molar-refractivity contribution >= 4 is 12.0 Å². The molecule has 0 radical (unpaired) electrons. The molecule has 0 fully saturated rings. The predicted octanol–water partition coefficient (Wildman–Crippen LogP) is 0.913. The maximum absolute atomic E-state index is 11.4. The average Bonchev–Trinajstić information content (AvgIpc) is 2.18. The largest absolute Gasteiger partial charge is 0.335 e. The van der Waals surface area contributed by atoms with Gasteiger partial charge < -0.3 is 4.90 Å². The van der Waals surface area contributed by atoms with Crippen molar-refractivity contribution in [2.75, 3.05) is 19.6 Å². The molecular formula is C10H14N2O2. The highest BCUT2D eigenvalue weighted by molar-refractivity contribution is 5.76. The summed E-state index contributed by atoms with van der Waals surface area (Å²) in [4.78, 5) is 26.1. The van der Waals surface area contributed by atoms with Crippen LogP contribution in [0.15, 0.2) is 30.3 Å². The first-order chi connectivity index (χ1) is 6.76. The van der Waals surface area contributed by atoms with Gasteiger partial charge in [0.1, 0.15) is 0 Å². The molecule has 0 aliphatic carbocycles. The molecule has 0 bridgehead atoms. The Morgan fingerprint density at radius 3 is 2.36 bits per heavy atom. The van der Waals surface area contributed by atoms with Gasteiger partial charge in [0.05, 0.1) is 6.54 Å². The summed E-state index contributed by atoms with van der Waals surface area (Å²) in [5.74, 6) is -0.0659. The zero-order chi connectivity index (χ0) is 10.8. The molecule has 0 spiro atoms. The molecule has 0 atom stereocenters. The van der Waals surface area contributed by atoms with Crippen LogP contribution in [0.25, 0.3) is 0 Å². The number of hydrogen-bond acceptors (Lipinski definition) is 3. The molecule has 0 saturated carbocycles. The number of amides is 1. The van der Waals surface area contributed by atoms with E-state index in [0.29, 0.717) is 13.1 Å². The van der Waals surface area contributed by atoms with Gasteiger partial charge in [0, 0.05) is 19.5 Å². The summed E-state index contributed by atoms with van der Waals surface area (Å²) in [5.41, 5.74) is 0. The van der Waals surface area contributed by atoms with Gasteiger partial charge in [-0.3, -0.25) is 4.79 Å². The Balaban J connectivity index is 4.05. The minimum atomic E-state index is -0.0659. The summed E-state index contributed by atoms with van der Waals surface area (Å²) >= 11 is 0. The third-order valence-electron chi connectivity index (χ3n) is 1.55. The SMILES string of the molecule is C=CCN(CC=C)C(=O)CCN=C=O. The summed E-state index contributed by atoms with van der Waals surface area (Å²) in [6.07, 6.45) is 4.90. The monoisotopic (exact) mass is 194 g/mol. The third kappa shape index (κ3) is 5.06. The number of aliphatic imine (C=N–C) groups is 1. The van der Waals surface area contributed by atoms with Gasteiger partial charge in [0.2, 0.25) is 12.0 Å². The summed E-state index contributed by atoms with van der Waals surface area (Å²) < 4.78 is 0. The minimum Gasteiger partial charge on any atom is -0.335 e. The first kappa shape index (κ1) is 12.3. The van der Waals surface area contributed by atoms with Crippen molar-refractivity contribution < 1.29 is 9.59 Å². The molecule has 0 aromatic carbocycles. The molecule has 0 saturated heterocycles. The van der Waals surface area contributed by atoms with E-state index in [0.717, 1.165) is 0 Å². The molecule has 4 nitrogen and oxygen atoms in total. The Hall–Kier alpha value is -1.67. The van der Waals surface area contributed by atoms with Gasteiger partial charge in [-0.25, -0.2) is 9.79 Å². The Kier molecular flexibility index (Phi) is 7.00. The van der Waals surface area contributed by atoms with Crippen molar-refractivity contribution in [1.29, 1.82) is 0 Å². The van der Waals surface area contributed by atoms with E-state index in [1.165, 1.54) is 6.08 Å². The molecule has 0 aliphatic rings. The van der Waals surface area contributed by atoms with Crippen molar-refractivity contribution in [3.63, 3.8) is 0 Å². The summed E-state index contributed by atoms with van der Waals surface area (Å²) in [7, 11) is 0. The van der Waals surface area contributed by atoms with Crippen LogP contribution >= 0.6 is 0 Å². The molecule has 0 unspecified atom stereocenters. The van der Waals surface area contributed by atoms with Crippen LogP contribution in [-0.2, 0) is 9.59 Å². The van der Waals surface area contributed by atoms with Gasteiger partial charge in [0.15, 0.2) is 0 Å². The fraction of sp³-hybridized carbons (Fsp3) is 0.400. The van der Waals surface area contributed by atoms with Gasteiger partial charge in [0.25, 0.3) is 0 Å². The number of isocyanates is 1. The van der Waals surface area contributed by atoms with Crippen molar-refractivity contribution in [1.82, 2.24) is 4.90 Å². The van der Waals surface area contributed by atoms with E-state index in [4.69, 9.17) is 0 Å². The predicted molar refractivity (Wildman–Crippen MR) is 54.6 cm³/mol. The van der Waals surface area contributed by atoms with Crippen LogP contribution in [-0.4, -0.2) is 36.5 Å². The van der Waals surface area contributed by atoms with E-state index in [1.807, 2.05) is 0 Å². The summed E-state index contributed by atoms with van der Waals surface area (Å²) in [6.45, 7) is 8.25. The summed E-state index contributed by atoms with van der Waals surface area (Å²) in [6, 6.07) is 0. The molecule has 0 aromatic heterocycles.